The van der Waals surface area contributed by atoms with Crippen LogP contribution in [-0.4, -0.2) is 35.1 Å². The number of aliphatic hydroxyl groups is 1. The number of hydrogen-bond donors (Lipinski definition) is 1. The molecule has 1 N–H and O–H groups in total. The van der Waals surface area contributed by atoms with Crippen molar-refractivity contribution >= 4 is 5.91 Å². The lowest BCUT2D eigenvalue weighted by atomic mass is 9.63. The predicted molar refractivity (Wildman–Crippen MR) is 83.0 cm³/mol. The first kappa shape index (κ1) is 14.6. The third-order valence-electron chi connectivity index (χ3n) is 5.45. The highest BCUT2D eigenvalue weighted by molar-refractivity contribution is 5.89. The lowest BCUT2D eigenvalue weighted by Crippen LogP contribution is -2.55. The second-order valence-corrected chi connectivity index (χ2v) is 6.64. The van der Waals surface area contributed by atoms with Crippen LogP contribution in [-0.2, 0) is 10.2 Å². The van der Waals surface area contributed by atoms with Crippen LogP contribution in [0.15, 0.2) is 30.3 Å². The third kappa shape index (κ3) is 2.48. The molecule has 3 nitrogen and oxygen atoms in total. The molecule has 0 spiro atoms. The summed E-state index contributed by atoms with van der Waals surface area (Å²) in [4.78, 5) is 15.0. The minimum Gasteiger partial charge on any atom is -0.391 e. The van der Waals surface area contributed by atoms with Crippen molar-refractivity contribution < 1.29 is 9.90 Å². The van der Waals surface area contributed by atoms with Crippen LogP contribution in [0.25, 0.3) is 0 Å². The van der Waals surface area contributed by atoms with E-state index in [0.29, 0.717) is 0 Å². The molecule has 3 heteroatoms. The Morgan fingerprint density at radius 1 is 1.14 bits per heavy atom. The van der Waals surface area contributed by atoms with Crippen LogP contribution in [0.5, 0.6) is 0 Å². The van der Waals surface area contributed by atoms with E-state index in [9.17, 15) is 9.90 Å². The first-order valence-electron chi connectivity index (χ1n) is 8.16. The van der Waals surface area contributed by atoms with E-state index in [4.69, 9.17) is 0 Å². The topological polar surface area (TPSA) is 40.5 Å². The van der Waals surface area contributed by atoms with Gasteiger partial charge in [0.15, 0.2) is 0 Å². The second-order valence-electron chi connectivity index (χ2n) is 6.64. The second kappa shape index (κ2) is 5.80. The van der Waals surface area contributed by atoms with Crippen molar-refractivity contribution in [2.75, 3.05) is 7.05 Å². The molecular weight excluding hydrogens is 262 g/mol. The summed E-state index contributed by atoms with van der Waals surface area (Å²) in [6.45, 7) is 0. The van der Waals surface area contributed by atoms with Gasteiger partial charge in [-0.15, -0.1) is 0 Å². The molecule has 1 amide bonds. The van der Waals surface area contributed by atoms with Gasteiger partial charge < -0.3 is 10.0 Å². The molecule has 21 heavy (non-hydrogen) atoms. The van der Waals surface area contributed by atoms with E-state index in [2.05, 4.69) is 12.1 Å². The normalized spacial score (nSPS) is 27.7. The van der Waals surface area contributed by atoms with Crippen LogP contribution in [0.3, 0.4) is 0 Å². The molecule has 0 saturated heterocycles. The van der Waals surface area contributed by atoms with E-state index in [1.165, 1.54) is 0 Å². The van der Waals surface area contributed by atoms with Crippen LogP contribution < -0.4 is 0 Å². The molecule has 2 aliphatic rings. The predicted octanol–water partition coefficient (Wildman–Crippen LogP) is 2.87. The maximum Gasteiger partial charge on any atom is 0.233 e. The fourth-order valence-electron chi connectivity index (χ4n) is 3.95. The van der Waals surface area contributed by atoms with E-state index in [1.54, 1.807) is 0 Å². The van der Waals surface area contributed by atoms with Gasteiger partial charge >= 0.3 is 0 Å². The molecular formula is C18H25NO2. The van der Waals surface area contributed by atoms with Crippen LogP contribution in [0.4, 0.5) is 0 Å². The molecule has 0 bridgehead atoms. The van der Waals surface area contributed by atoms with E-state index in [0.717, 1.165) is 50.5 Å². The first-order chi connectivity index (χ1) is 10.1. The quantitative estimate of drug-likeness (QED) is 0.928. The van der Waals surface area contributed by atoms with E-state index >= 15 is 0 Å². The molecule has 3 rings (SSSR count). The van der Waals surface area contributed by atoms with Gasteiger partial charge in [0.2, 0.25) is 5.91 Å². The molecule has 0 aromatic heterocycles. The summed E-state index contributed by atoms with van der Waals surface area (Å²) in [5.74, 6) is 0.200. The van der Waals surface area contributed by atoms with Crippen molar-refractivity contribution in [1.82, 2.24) is 4.90 Å². The summed E-state index contributed by atoms with van der Waals surface area (Å²) >= 11 is 0. The molecule has 2 saturated carbocycles. The van der Waals surface area contributed by atoms with E-state index in [-0.39, 0.29) is 23.5 Å². The van der Waals surface area contributed by atoms with E-state index in [1.807, 2.05) is 30.1 Å². The fraction of sp³-hybridized carbons (Fsp3) is 0.611. The van der Waals surface area contributed by atoms with Crippen LogP contribution in [0, 0.1) is 0 Å². The van der Waals surface area contributed by atoms with Crippen LogP contribution >= 0.6 is 0 Å². The van der Waals surface area contributed by atoms with Crippen molar-refractivity contribution in [3.05, 3.63) is 35.9 Å². The number of hydrogen-bond acceptors (Lipinski definition) is 2. The molecule has 1 aromatic carbocycles. The first-order valence-corrected chi connectivity index (χ1v) is 8.16. The zero-order valence-electron chi connectivity index (χ0n) is 12.8. The minimum atomic E-state index is -0.361. The number of carbonyl (C=O) groups is 1. The summed E-state index contributed by atoms with van der Waals surface area (Å²) < 4.78 is 0. The number of aliphatic hydroxyl groups excluding tert-OH is 1. The van der Waals surface area contributed by atoms with Gasteiger partial charge in [-0.05, 0) is 31.2 Å². The van der Waals surface area contributed by atoms with Gasteiger partial charge in [0.05, 0.1) is 17.6 Å². The molecule has 0 heterocycles. The Morgan fingerprint density at radius 2 is 1.81 bits per heavy atom. The van der Waals surface area contributed by atoms with Crippen molar-refractivity contribution in [3.63, 3.8) is 0 Å². The highest BCUT2D eigenvalue weighted by atomic mass is 16.3. The minimum absolute atomic E-state index is 0.00700. The fourth-order valence-corrected chi connectivity index (χ4v) is 3.95. The van der Waals surface area contributed by atoms with Gasteiger partial charge in [-0.1, -0.05) is 49.6 Å². The molecule has 2 aliphatic carbocycles. The Balaban J connectivity index is 1.82. The summed E-state index contributed by atoms with van der Waals surface area (Å²) in [7, 11) is 1.88. The van der Waals surface area contributed by atoms with Gasteiger partial charge in [-0.25, -0.2) is 0 Å². The number of nitrogens with zero attached hydrogens (tertiary/aromatic N) is 1. The molecule has 114 valence electrons. The standard InChI is InChI=1S/C18H25NO2/c1-19(15-10-5-6-11-16(15)20)17(21)18(12-7-13-18)14-8-3-2-4-9-14/h2-4,8-9,15-16,20H,5-7,10-13H2,1H3. The highest BCUT2D eigenvalue weighted by Gasteiger charge is 2.48. The largest absolute Gasteiger partial charge is 0.391 e. The van der Waals surface area contributed by atoms with E-state index < -0.39 is 0 Å². The van der Waals surface area contributed by atoms with Crippen molar-refractivity contribution in [1.29, 1.82) is 0 Å². The Morgan fingerprint density at radius 3 is 2.38 bits per heavy atom. The molecule has 1 aromatic rings. The lowest BCUT2D eigenvalue weighted by Gasteiger charge is -2.46. The molecule has 2 atom stereocenters. The zero-order valence-corrected chi connectivity index (χ0v) is 12.8. The lowest BCUT2D eigenvalue weighted by molar-refractivity contribution is -0.145. The number of amides is 1. The van der Waals surface area contributed by atoms with Gasteiger partial charge in [0, 0.05) is 7.05 Å². The SMILES string of the molecule is CN(C(=O)C1(c2ccccc2)CCC1)C1CCCCC1O. The number of benzene rings is 1. The maximum atomic E-state index is 13.1. The number of rotatable bonds is 3. The third-order valence-corrected chi connectivity index (χ3v) is 5.45. The molecule has 0 radical (unpaired) electrons. The summed E-state index contributed by atoms with van der Waals surface area (Å²) in [5.41, 5.74) is 0.797. The Bertz CT molecular complexity index is 495. The molecule has 0 aliphatic heterocycles. The van der Waals surface area contributed by atoms with Crippen molar-refractivity contribution in [2.45, 2.75) is 62.5 Å². The smallest absolute Gasteiger partial charge is 0.233 e. The van der Waals surface area contributed by atoms with Crippen LogP contribution in [0.1, 0.15) is 50.5 Å². The number of carbonyl (C=O) groups excluding carboxylic acids is 1. The van der Waals surface area contributed by atoms with Gasteiger partial charge in [0.25, 0.3) is 0 Å². The number of likely N-dealkylation sites (N-methyl/N-ethyl adjacent to an activating group) is 1. The molecule has 2 unspecified atom stereocenters. The molecule has 2 fully saturated rings. The Hall–Kier alpha value is -1.35. The monoisotopic (exact) mass is 287 g/mol. The van der Waals surface area contributed by atoms with Crippen LogP contribution in [0.2, 0.25) is 0 Å². The van der Waals surface area contributed by atoms with Crippen molar-refractivity contribution in [3.8, 4) is 0 Å². The van der Waals surface area contributed by atoms with Gasteiger partial charge in [0.1, 0.15) is 0 Å². The average Bonchev–Trinajstić information content (AvgIpc) is 2.47. The zero-order chi connectivity index (χ0) is 14.9. The Kier molecular flexibility index (Phi) is 4.03. The maximum absolute atomic E-state index is 13.1. The highest BCUT2D eigenvalue weighted by Crippen LogP contribution is 2.45. The van der Waals surface area contributed by atoms with Crippen molar-refractivity contribution in [2.24, 2.45) is 0 Å². The average molecular weight is 287 g/mol. The van der Waals surface area contributed by atoms with Gasteiger partial charge in [-0.3, -0.25) is 4.79 Å². The Labute approximate surface area is 127 Å². The van der Waals surface area contributed by atoms with Gasteiger partial charge in [-0.2, -0.15) is 0 Å². The summed E-state index contributed by atoms with van der Waals surface area (Å²) in [6, 6.07) is 10.2. The summed E-state index contributed by atoms with van der Waals surface area (Å²) in [5, 5.41) is 10.2. The summed E-state index contributed by atoms with van der Waals surface area (Å²) in [6.07, 6.45) is 6.55.